The van der Waals surface area contributed by atoms with Crippen LogP contribution in [0.2, 0.25) is 0 Å². The molecule has 18 heavy (non-hydrogen) atoms. The molecule has 0 amide bonds. The smallest absolute Gasteiger partial charge is 0.0771 e. The molecule has 0 unspecified atom stereocenters. The monoisotopic (exact) mass is 245 g/mol. The molecule has 98 valence electrons. The standard InChI is InChI=1S/C16H23NO/c18-16(8-4-1-5-9-16)12-17-15-10-13-6-2-3-7-14(13)11-15/h2-3,6-7,15,17-18H,1,4-5,8-12H2. The van der Waals surface area contributed by atoms with E-state index in [1.807, 2.05) is 0 Å². The Labute approximate surface area is 109 Å². The minimum absolute atomic E-state index is 0.437. The molecule has 0 heterocycles. The van der Waals surface area contributed by atoms with Crippen LogP contribution < -0.4 is 5.32 Å². The normalized spacial score (nSPS) is 22.9. The third-order valence-corrected chi connectivity index (χ3v) is 4.56. The van der Waals surface area contributed by atoms with Crippen molar-refractivity contribution in [1.82, 2.24) is 5.32 Å². The maximum atomic E-state index is 10.5. The summed E-state index contributed by atoms with van der Waals surface area (Å²) in [4.78, 5) is 0. The van der Waals surface area contributed by atoms with Gasteiger partial charge in [0.05, 0.1) is 5.60 Å². The summed E-state index contributed by atoms with van der Waals surface area (Å²) in [6, 6.07) is 9.22. The summed E-state index contributed by atoms with van der Waals surface area (Å²) < 4.78 is 0. The van der Waals surface area contributed by atoms with Crippen LogP contribution in [0.15, 0.2) is 24.3 Å². The van der Waals surface area contributed by atoms with Crippen LogP contribution in [0.1, 0.15) is 43.2 Å². The molecule has 2 N–H and O–H groups in total. The van der Waals surface area contributed by atoms with E-state index in [4.69, 9.17) is 0 Å². The van der Waals surface area contributed by atoms with Crippen LogP contribution in [0.3, 0.4) is 0 Å². The summed E-state index contributed by atoms with van der Waals surface area (Å²) in [5.74, 6) is 0. The van der Waals surface area contributed by atoms with Gasteiger partial charge in [0.15, 0.2) is 0 Å². The highest BCUT2D eigenvalue weighted by molar-refractivity contribution is 5.33. The Morgan fingerprint density at radius 3 is 2.28 bits per heavy atom. The molecule has 0 saturated heterocycles. The largest absolute Gasteiger partial charge is 0.389 e. The molecule has 2 nitrogen and oxygen atoms in total. The first-order chi connectivity index (χ1) is 8.75. The summed E-state index contributed by atoms with van der Waals surface area (Å²) in [5.41, 5.74) is 2.52. The topological polar surface area (TPSA) is 32.3 Å². The molecular weight excluding hydrogens is 222 g/mol. The lowest BCUT2D eigenvalue weighted by atomic mass is 9.84. The highest BCUT2D eigenvalue weighted by atomic mass is 16.3. The summed E-state index contributed by atoms with van der Waals surface area (Å²) in [7, 11) is 0. The fourth-order valence-corrected chi connectivity index (χ4v) is 3.42. The maximum absolute atomic E-state index is 10.5. The second-order valence-corrected chi connectivity index (χ2v) is 6.04. The van der Waals surface area contributed by atoms with Crippen molar-refractivity contribution in [2.24, 2.45) is 0 Å². The Hall–Kier alpha value is -0.860. The Bertz CT molecular complexity index is 384. The lowest BCUT2D eigenvalue weighted by Crippen LogP contribution is -2.46. The molecule has 1 aromatic rings. The molecule has 0 aromatic heterocycles. The molecule has 1 fully saturated rings. The number of fused-ring (bicyclic) bond motifs is 1. The number of benzene rings is 1. The maximum Gasteiger partial charge on any atom is 0.0771 e. The Balaban J connectivity index is 1.53. The van der Waals surface area contributed by atoms with E-state index in [1.165, 1.54) is 30.4 Å². The van der Waals surface area contributed by atoms with Crippen LogP contribution >= 0.6 is 0 Å². The average molecular weight is 245 g/mol. The van der Waals surface area contributed by atoms with Gasteiger partial charge in [0.25, 0.3) is 0 Å². The van der Waals surface area contributed by atoms with E-state index < -0.39 is 5.60 Å². The highest BCUT2D eigenvalue weighted by Crippen LogP contribution is 2.28. The third kappa shape index (κ3) is 2.60. The van der Waals surface area contributed by atoms with Crippen LogP contribution in [0.25, 0.3) is 0 Å². The van der Waals surface area contributed by atoms with E-state index in [2.05, 4.69) is 29.6 Å². The second-order valence-electron chi connectivity index (χ2n) is 6.04. The quantitative estimate of drug-likeness (QED) is 0.857. The van der Waals surface area contributed by atoms with Gasteiger partial charge in [0.2, 0.25) is 0 Å². The first-order valence-corrected chi connectivity index (χ1v) is 7.28. The van der Waals surface area contributed by atoms with E-state index in [-0.39, 0.29) is 0 Å². The van der Waals surface area contributed by atoms with Crippen molar-refractivity contribution in [2.45, 2.75) is 56.6 Å². The zero-order chi connectivity index (χ0) is 12.4. The van der Waals surface area contributed by atoms with Gasteiger partial charge in [-0.25, -0.2) is 0 Å². The Kier molecular flexibility index (Phi) is 3.40. The summed E-state index contributed by atoms with van der Waals surface area (Å²) >= 11 is 0. The number of hydrogen-bond donors (Lipinski definition) is 2. The van der Waals surface area contributed by atoms with Gasteiger partial charge in [-0.2, -0.15) is 0 Å². The van der Waals surface area contributed by atoms with Gasteiger partial charge in [-0.1, -0.05) is 43.5 Å². The van der Waals surface area contributed by atoms with Crippen LogP contribution in [0.4, 0.5) is 0 Å². The molecule has 2 aliphatic carbocycles. The zero-order valence-corrected chi connectivity index (χ0v) is 11.0. The van der Waals surface area contributed by atoms with Crippen molar-refractivity contribution in [2.75, 3.05) is 6.54 Å². The summed E-state index contributed by atoms with van der Waals surface area (Å²) in [5, 5.41) is 14.1. The minimum Gasteiger partial charge on any atom is -0.389 e. The molecule has 0 spiro atoms. The van der Waals surface area contributed by atoms with E-state index >= 15 is 0 Å². The van der Waals surface area contributed by atoms with Crippen LogP contribution in [0.5, 0.6) is 0 Å². The molecule has 2 aliphatic rings. The molecule has 1 aromatic carbocycles. The lowest BCUT2D eigenvalue weighted by molar-refractivity contribution is 0.00287. The van der Waals surface area contributed by atoms with Crippen LogP contribution in [-0.4, -0.2) is 23.3 Å². The Morgan fingerprint density at radius 2 is 1.67 bits per heavy atom. The van der Waals surface area contributed by atoms with Crippen molar-refractivity contribution in [3.63, 3.8) is 0 Å². The van der Waals surface area contributed by atoms with Gasteiger partial charge >= 0.3 is 0 Å². The van der Waals surface area contributed by atoms with E-state index in [9.17, 15) is 5.11 Å². The molecule has 0 aliphatic heterocycles. The van der Waals surface area contributed by atoms with Crippen molar-refractivity contribution in [3.05, 3.63) is 35.4 Å². The molecule has 0 radical (unpaired) electrons. The third-order valence-electron chi connectivity index (χ3n) is 4.56. The van der Waals surface area contributed by atoms with Crippen LogP contribution in [-0.2, 0) is 12.8 Å². The van der Waals surface area contributed by atoms with Gasteiger partial charge in [0, 0.05) is 12.6 Å². The van der Waals surface area contributed by atoms with E-state index in [0.717, 1.165) is 32.2 Å². The molecule has 0 atom stereocenters. The second kappa shape index (κ2) is 5.02. The number of aliphatic hydroxyl groups is 1. The SMILES string of the molecule is OC1(CNC2Cc3ccccc3C2)CCCCC1. The van der Waals surface area contributed by atoms with Crippen molar-refractivity contribution < 1.29 is 5.11 Å². The fourth-order valence-electron chi connectivity index (χ4n) is 3.42. The van der Waals surface area contributed by atoms with Crippen LogP contribution in [0, 0.1) is 0 Å². The molecule has 2 heteroatoms. The van der Waals surface area contributed by atoms with Gasteiger partial charge < -0.3 is 10.4 Å². The van der Waals surface area contributed by atoms with Gasteiger partial charge in [-0.05, 0) is 36.8 Å². The molecule has 1 saturated carbocycles. The highest BCUT2D eigenvalue weighted by Gasteiger charge is 2.30. The molecule has 3 rings (SSSR count). The first-order valence-electron chi connectivity index (χ1n) is 7.28. The fraction of sp³-hybridized carbons (Fsp3) is 0.625. The van der Waals surface area contributed by atoms with Gasteiger partial charge in [-0.3, -0.25) is 0 Å². The molecular formula is C16H23NO. The van der Waals surface area contributed by atoms with E-state index in [0.29, 0.717) is 6.04 Å². The van der Waals surface area contributed by atoms with Crippen molar-refractivity contribution in [1.29, 1.82) is 0 Å². The van der Waals surface area contributed by atoms with Gasteiger partial charge in [0.1, 0.15) is 0 Å². The van der Waals surface area contributed by atoms with Crippen molar-refractivity contribution >= 4 is 0 Å². The summed E-state index contributed by atoms with van der Waals surface area (Å²) in [6.45, 7) is 0.769. The van der Waals surface area contributed by atoms with Crippen molar-refractivity contribution in [3.8, 4) is 0 Å². The Morgan fingerprint density at radius 1 is 1.06 bits per heavy atom. The predicted octanol–water partition coefficient (Wildman–Crippen LogP) is 2.44. The van der Waals surface area contributed by atoms with Gasteiger partial charge in [-0.15, -0.1) is 0 Å². The lowest BCUT2D eigenvalue weighted by Gasteiger charge is -2.33. The van der Waals surface area contributed by atoms with E-state index in [1.54, 1.807) is 0 Å². The number of rotatable bonds is 3. The zero-order valence-electron chi connectivity index (χ0n) is 11.0. The average Bonchev–Trinajstić information content (AvgIpc) is 2.80. The number of hydrogen-bond acceptors (Lipinski definition) is 2. The number of nitrogens with one attached hydrogen (secondary N) is 1. The first kappa shape index (κ1) is 12.2. The summed E-state index contributed by atoms with van der Waals surface area (Å²) in [6.07, 6.45) is 7.83. The minimum atomic E-state index is -0.437. The predicted molar refractivity (Wildman–Crippen MR) is 73.7 cm³/mol. The molecule has 0 bridgehead atoms.